The second kappa shape index (κ2) is 6.90. The van der Waals surface area contributed by atoms with Gasteiger partial charge in [-0.05, 0) is 62.3 Å². The number of halogens is 1. The molecule has 2 aromatic rings. The molecule has 0 bridgehead atoms. The van der Waals surface area contributed by atoms with Crippen molar-refractivity contribution in [2.24, 2.45) is 0 Å². The molecule has 4 heteroatoms. The Morgan fingerprint density at radius 2 is 2.05 bits per heavy atom. The van der Waals surface area contributed by atoms with Gasteiger partial charge >= 0.3 is 0 Å². The number of rotatable bonds is 5. The van der Waals surface area contributed by atoms with Crippen LogP contribution < -0.4 is 10.4 Å². The molecule has 1 unspecified atom stereocenters. The van der Waals surface area contributed by atoms with Crippen LogP contribution in [-0.2, 0) is 11.3 Å². The Hall–Kier alpha value is -1.91. The first-order valence-corrected chi connectivity index (χ1v) is 7.73. The van der Waals surface area contributed by atoms with Crippen LogP contribution in [0.15, 0.2) is 48.5 Å². The first-order chi connectivity index (χ1) is 10.8. The quantitative estimate of drug-likeness (QED) is 0.850. The maximum atomic E-state index is 13.6. The molecule has 1 aliphatic heterocycles. The van der Waals surface area contributed by atoms with Crippen LogP contribution in [0.2, 0.25) is 0 Å². The summed E-state index contributed by atoms with van der Waals surface area (Å²) in [6.07, 6.45) is 2.80. The highest BCUT2D eigenvalue weighted by Gasteiger charge is 2.26. The van der Waals surface area contributed by atoms with Crippen molar-refractivity contribution >= 4 is 11.4 Å². The number of benzene rings is 2. The molecule has 1 atom stereocenters. The van der Waals surface area contributed by atoms with Crippen LogP contribution in [-0.4, -0.2) is 19.7 Å². The lowest BCUT2D eigenvalue weighted by Crippen LogP contribution is -2.33. The number of anilines is 2. The van der Waals surface area contributed by atoms with Crippen molar-refractivity contribution in [3.8, 4) is 0 Å². The van der Waals surface area contributed by atoms with Crippen molar-refractivity contribution in [3.63, 3.8) is 0 Å². The molecule has 2 aromatic carbocycles. The number of nitrogens with one attached hydrogen (secondary N) is 1. The molecule has 3 rings (SSSR count). The summed E-state index contributed by atoms with van der Waals surface area (Å²) < 4.78 is 13.6. The molecule has 22 heavy (non-hydrogen) atoms. The zero-order chi connectivity index (χ0) is 15.4. The summed E-state index contributed by atoms with van der Waals surface area (Å²) in [7, 11) is 1.95. The Kier molecular flexibility index (Phi) is 4.71. The van der Waals surface area contributed by atoms with E-state index in [-0.39, 0.29) is 11.9 Å². The molecular formula is C18H21FN2O. The molecule has 0 saturated heterocycles. The highest BCUT2D eigenvalue weighted by atomic mass is 19.1. The van der Waals surface area contributed by atoms with E-state index in [1.54, 1.807) is 12.1 Å². The summed E-state index contributed by atoms with van der Waals surface area (Å²) in [5, 5.41) is 4.98. The normalized spacial score (nSPS) is 17.4. The maximum absolute atomic E-state index is 13.6. The molecule has 1 N–H and O–H groups in total. The average Bonchev–Trinajstić information content (AvgIpc) is 2.55. The van der Waals surface area contributed by atoms with Gasteiger partial charge in [0.1, 0.15) is 5.82 Å². The van der Waals surface area contributed by atoms with Gasteiger partial charge in [0.05, 0.1) is 17.5 Å². The summed E-state index contributed by atoms with van der Waals surface area (Å²) in [5.41, 5.74) is 2.90. The molecule has 0 radical (unpaired) electrons. The number of nitrogens with zero attached hydrogens (tertiary/aromatic N) is 1. The Balaban J connectivity index is 1.88. The van der Waals surface area contributed by atoms with E-state index in [1.165, 1.54) is 6.07 Å². The van der Waals surface area contributed by atoms with E-state index < -0.39 is 0 Å². The molecule has 0 fully saturated rings. The molecular weight excluding hydrogens is 279 g/mol. The van der Waals surface area contributed by atoms with Gasteiger partial charge in [0.15, 0.2) is 0 Å². The lowest BCUT2D eigenvalue weighted by Gasteiger charge is -2.35. The predicted octanol–water partition coefficient (Wildman–Crippen LogP) is 3.82. The summed E-state index contributed by atoms with van der Waals surface area (Å²) in [5.74, 6) is -0.192. The van der Waals surface area contributed by atoms with Gasteiger partial charge in [0.25, 0.3) is 0 Å². The van der Waals surface area contributed by atoms with Crippen LogP contribution in [0.25, 0.3) is 0 Å². The Morgan fingerprint density at radius 1 is 1.23 bits per heavy atom. The van der Waals surface area contributed by atoms with E-state index in [1.807, 2.05) is 42.4 Å². The first-order valence-electron chi connectivity index (χ1n) is 7.73. The van der Waals surface area contributed by atoms with Crippen LogP contribution in [0.1, 0.15) is 18.4 Å². The van der Waals surface area contributed by atoms with Crippen molar-refractivity contribution in [1.82, 2.24) is 5.32 Å². The number of hydrogen-bond acceptors (Lipinski definition) is 3. The minimum atomic E-state index is -0.192. The zero-order valence-electron chi connectivity index (χ0n) is 12.8. The third-order valence-corrected chi connectivity index (χ3v) is 3.91. The van der Waals surface area contributed by atoms with Crippen LogP contribution in [0.5, 0.6) is 0 Å². The summed E-state index contributed by atoms with van der Waals surface area (Å²) in [6, 6.07) is 14.8. The van der Waals surface area contributed by atoms with Crippen LogP contribution in [0.3, 0.4) is 0 Å². The van der Waals surface area contributed by atoms with Gasteiger partial charge in [-0.1, -0.05) is 18.2 Å². The van der Waals surface area contributed by atoms with E-state index in [2.05, 4.69) is 5.32 Å². The summed E-state index contributed by atoms with van der Waals surface area (Å²) in [6.45, 7) is 0.960. The molecule has 1 aliphatic rings. The second-order valence-corrected chi connectivity index (χ2v) is 5.58. The first kappa shape index (κ1) is 15.0. The predicted molar refractivity (Wildman–Crippen MR) is 86.7 cm³/mol. The van der Waals surface area contributed by atoms with Crippen molar-refractivity contribution in [2.45, 2.75) is 25.4 Å². The number of hydrogen-bond donors (Lipinski definition) is 1. The maximum Gasteiger partial charge on any atom is 0.123 e. The molecule has 0 amide bonds. The lowest BCUT2D eigenvalue weighted by atomic mass is 10.0. The molecule has 0 aliphatic carbocycles. The summed E-state index contributed by atoms with van der Waals surface area (Å²) >= 11 is 0. The second-order valence-electron chi connectivity index (χ2n) is 5.58. The minimum absolute atomic E-state index is 0.0721. The minimum Gasteiger partial charge on any atom is -0.320 e. The smallest absolute Gasteiger partial charge is 0.123 e. The van der Waals surface area contributed by atoms with Crippen LogP contribution in [0.4, 0.5) is 15.8 Å². The van der Waals surface area contributed by atoms with Gasteiger partial charge in [-0.3, -0.25) is 4.84 Å². The van der Waals surface area contributed by atoms with E-state index in [0.29, 0.717) is 0 Å². The van der Waals surface area contributed by atoms with Crippen molar-refractivity contribution in [1.29, 1.82) is 0 Å². The van der Waals surface area contributed by atoms with Gasteiger partial charge in [-0.2, -0.15) is 0 Å². The van der Waals surface area contributed by atoms with Crippen molar-refractivity contribution in [3.05, 3.63) is 59.9 Å². The van der Waals surface area contributed by atoms with Gasteiger partial charge < -0.3 is 5.32 Å². The van der Waals surface area contributed by atoms with Gasteiger partial charge in [-0.15, -0.1) is 0 Å². The van der Waals surface area contributed by atoms with Crippen LogP contribution >= 0.6 is 0 Å². The fourth-order valence-corrected chi connectivity index (χ4v) is 2.83. The number of fused-ring (bicyclic) bond motifs is 1. The lowest BCUT2D eigenvalue weighted by molar-refractivity contribution is 0.0367. The standard InChI is InChI=1S/C18H21FN2O/c1-20-11-5-8-17-13-14-12-15(19)9-10-18(14)21(22-17)16-6-3-2-4-7-16/h2-4,6-7,9-10,12,17,20H,5,8,11,13H2,1H3. The molecule has 0 spiro atoms. The topological polar surface area (TPSA) is 24.5 Å². The highest BCUT2D eigenvalue weighted by Crippen LogP contribution is 2.36. The monoisotopic (exact) mass is 300 g/mol. The molecule has 3 nitrogen and oxygen atoms in total. The Labute approximate surface area is 130 Å². The molecule has 0 saturated carbocycles. The molecule has 1 heterocycles. The Bertz CT molecular complexity index is 618. The number of para-hydroxylation sites is 1. The van der Waals surface area contributed by atoms with Gasteiger partial charge in [0, 0.05) is 6.42 Å². The Morgan fingerprint density at radius 3 is 2.82 bits per heavy atom. The third-order valence-electron chi connectivity index (χ3n) is 3.91. The third kappa shape index (κ3) is 3.29. The molecule has 116 valence electrons. The van der Waals surface area contributed by atoms with Gasteiger partial charge in [-0.25, -0.2) is 9.45 Å². The van der Waals surface area contributed by atoms with Gasteiger partial charge in [0.2, 0.25) is 0 Å². The fourth-order valence-electron chi connectivity index (χ4n) is 2.83. The molecule has 0 aromatic heterocycles. The van der Waals surface area contributed by atoms with E-state index in [4.69, 9.17) is 4.84 Å². The van der Waals surface area contributed by atoms with Crippen molar-refractivity contribution in [2.75, 3.05) is 18.7 Å². The van der Waals surface area contributed by atoms with Crippen LogP contribution in [0, 0.1) is 5.82 Å². The summed E-state index contributed by atoms with van der Waals surface area (Å²) in [4.78, 5) is 6.17. The highest BCUT2D eigenvalue weighted by molar-refractivity contribution is 5.65. The van der Waals surface area contributed by atoms with E-state index in [9.17, 15) is 4.39 Å². The zero-order valence-corrected chi connectivity index (χ0v) is 12.8. The average molecular weight is 300 g/mol. The van der Waals surface area contributed by atoms with E-state index in [0.717, 1.165) is 42.7 Å². The van der Waals surface area contributed by atoms with E-state index >= 15 is 0 Å². The SMILES string of the molecule is CNCCCC1Cc2cc(F)ccc2N(c2ccccc2)O1. The largest absolute Gasteiger partial charge is 0.320 e. The van der Waals surface area contributed by atoms with Crippen molar-refractivity contribution < 1.29 is 9.23 Å². The fraction of sp³-hybridized carbons (Fsp3) is 0.333.